The Labute approximate surface area is 126 Å². The average molecular weight is 296 g/mol. The third-order valence-corrected chi connectivity index (χ3v) is 3.27. The number of aromatic nitrogens is 2. The molecule has 0 unspecified atom stereocenters. The molecule has 0 bridgehead atoms. The Morgan fingerprint density at radius 3 is 2.45 bits per heavy atom. The van der Waals surface area contributed by atoms with E-state index in [2.05, 4.69) is 11.6 Å². The van der Waals surface area contributed by atoms with E-state index in [1.54, 1.807) is 42.7 Å². The second-order valence-electron chi connectivity index (χ2n) is 4.69. The van der Waals surface area contributed by atoms with Crippen molar-refractivity contribution in [2.24, 2.45) is 0 Å². The van der Waals surface area contributed by atoms with Gasteiger partial charge in [-0.05, 0) is 29.8 Å². The monoisotopic (exact) mass is 296 g/mol. The molecule has 4 nitrogen and oxygen atoms in total. The van der Waals surface area contributed by atoms with E-state index in [1.807, 2.05) is 0 Å². The van der Waals surface area contributed by atoms with Gasteiger partial charge in [-0.3, -0.25) is 4.98 Å². The maximum Gasteiger partial charge on any atom is 0.365 e. The van der Waals surface area contributed by atoms with Crippen molar-refractivity contribution in [1.29, 1.82) is 0 Å². The average Bonchev–Trinajstić information content (AvgIpc) is 2.86. The van der Waals surface area contributed by atoms with Crippen LogP contribution in [0.5, 0.6) is 0 Å². The molecule has 1 aromatic carbocycles. The summed E-state index contributed by atoms with van der Waals surface area (Å²) in [5.74, 6) is -0.357. The summed E-state index contributed by atoms with van der Waals surface area (Å²) in [6.45, 7) is 4.02. The number of halogens is 1. The fourth-order valence-corrected chi connectivity index (χ4v) is 2.33. The first-order valence-corrected chi connectivity index (χ1v) is 6.72. The smallest absolute Gasteiger partial charge is 0.335 e. The molecule has 0 aliphatic carbocycles. The summed E-state index contributed by atoms with van der Waals surface area (Å²) >= 11 is 0. The van der Waals surface area contributed by atoms with Crippen molar-refractivity contribution in [2.45, 2.75) is 6.54 Å². The lowest BCUT2D eigenvalue weighted by atomic mass is 10.0. The highest BCUT2D eigenvalue weighted by atomic mass is 19.1. The van der Waals surface area contributed by atoms with Crippen LogP contribution in [0.25, 0.3) is 22.4 Å². The van der Waals surface area contributed by atoms with Crippen LogP contribution >= 0.6 is 0 Å². The number of hydrogen-bond donors (Lipinski definition) is 0. The summed E-state index contributed by atoms with van der Waals surface area (Å²) < 4.78 is 19.9. The molecule has 2 aromatic heterocycles. The Kier molecular flexibility index (Phi) is 3.70. The lowest BCUT2D eigenvalue weighted by Crippen LogP contribution is -1.97. The third-order valence-electron chi connectivity index (χ3n) is 3.27. The molecule has 2 heterocycles. The zero-order valence-electron chi connectivity index (χ0n) is 11.7. The Bertz CT molecular complexity index is 849. The normalized spacial score (nSPS) is 10.6. The summed E-state index contributed by atoms with van der Waals surface area (Å²) in [5.41, 5.74) is 1.94. The van der Waals surface area contributed by atoms with Gasteiger partial charge in [0.2, 0.25) is 0 Å². The van der Waals surface area contributed by atoms with E-state index < -0.39 is 5.63 Å². The molecule has 0 saturated heterocycles. The second kappa shape index (κ2) is 5.81. The van der Waals surface area contributed by atoms with E-state index in [9.17, 15) is 9.18 Å². The molecule has 22 heavy (non-hydrogen) atoms. The molecule has 0 spiro atoms. The van der Waals surface area contributed by atoms with Crippen LogP contribution in [0.3, 0.4) is 0 Å². The van der Waals surface area contributed by atoms with Crippen LogP contribution in [-0.4, -0.2) is 9.72 Å². The Hall–Kier alpha value is -2.95. The number of nitrogens with zero attached hydrogens (tertiary/aromatic N) is 2. The van der Waals surface area contributed by atoms with Gasteiger partial charge in [-0.15, -0.1) is 6.58 Å². The summed E-state index contributed by atoms with van der Waals surface area (Å²) in [5, 5.41) is 0. The standard InChI is InChI=1S/C17H13FN2O2/c1-2-11-20-16(13-7-9-19-10-8-13)15(17(21)22-20)12-3-5-14(18)6-4-12/h2-10H,1,11H2. The van der Waals surface area contributed by atoms with E-state index in [1.165, 1.54) is 16.9 Å². The first-order valence-electron chi connectivity index (χ1n) is 6.72. The van der Waals surface area contributed by atoms with Gasteiger partial charge in [-0.2, -0.15) is 0 Å². The molecule has 3 rings (SSSR count). The van der Waals surface area contributed by atoms with Gasteiger partial charge in [0.1, 0.15) is 5.82 Å². The van der Waals surface area contributed by atoms with Gasteiger partial charge in [0.15, 0.2) is 0 Å². The zero-order chi connectivity index (χ0) is 15.5. The maximum atomic E-state index is 13.1. The Balaban J connectivity index is 2.27. The first-order chi connectivity index (χ1) is 10.7. The lowest BCUT2D eigenvalue weighted by Gasteiger charge is -2.06. The van der Waals surface area contributed by atoms with E-state index >= 15 is 0 Å². The molecule has 0 radical (unpaired) electrons. The van der Waals surface area contributed by atoms with Crippen LogP contribution in [-0.2, 0) is 6.54 Å². The van der Waals surface area contributed by atoms with Crippen molar-refractivity contribution in [3.8, 4) is 22.4 Å². The molecule has 0 N–H and O–H groups in total. The van der Waals surface area contributed by atoms with Gasteiger partial charge < -0.3 is 4.52 Å². The fourth-order valence-electron chi connectivity index (χ4n) is 2.33. The Morgan fingerprint density at radius 2 is 1.82 bits per heavy atom. The van der Waals surface area contributed by atoms with Crippen LogP contribution in [0.2, 0.25) is 0 Å². The minimum atomic E-state index is -0.472. The molecule has 110 valence electrons. The first kappa shape index (κ1) is 14.0. The molecule has 3 aromatic rings. The largest absolute Gasteiger partial charge is 0.365 e. The van der Waals surface area contributed by atoms with Gasteiger partial charge in [0, 0.05) is 18.0 Å². The number of allylic oxidation sites excluding steroid dienone is 1. The molecular formula is C17H13FN2O2. The number of benzene rings is 1. The molecule has 0 amide bonds. The molecule has 0 fully saturated rings. The van der Waals surface area contributed by atoms with E-state index in [0.29, 0.717) is 23.4 Å². The van der Waals surface area contributed by atoms with E-state index in [0.717, 1.165) is 5.56 Å². The van der Waals surface area contributed by atoms with Crippen LogP contribution < -0.4 is 5.63 Å². The van der Waals surface area contributed by atoms with Crippen LogP contribution in [0.15, 0.2) is 70.8 Å². The SMILES string of the molecule is C=CCn1oc(=O)c(-c2ccc(F)cc2)c1-c1ccncc1. The summed E-state index contributed by atoms with van der Waals surface area (Å²) in [7, 11) is 0. The highest BCUT2D eigenvalue weighted by Gasteiger charge is 2.20. The van der Waals surface area contributed by atoms with Crippen molar-refractivity contribution >= 4 is 0 Å². The van der Waals surface area contributed by atoms with Gasteiger partial charge in [0.25, 0.3) is 0 Å². The Morgan fingerprint density at radius 1 is 1.14 bits per heavy atom. The summed E-state index contributed by atoms with van der Waals surface area (Å²) in [6, 6.07) is 9.33. The third kappa shape index (κ3) is 2.48. The molecule has 0 aliphatic heterocycles. The van der Waals surface area contributed by atoms with Crippen molar-refractivity contribution < 1.29 is 8.91 Å². The lowest BCUT2D eigenvalue weighted by molar-refractivity contribution is 0.273. The van der Waals surface area contributed by atoms with Crippen molar-refractivity contribution in [3.05, 3.63) is 77.7 Å². The van der Waals surface area contributed by atoms with E-state index in [-0.39, 0.29) is 5.82 Å². The van der Waals surface area contributed by atoms with Gasteiger partial charge >= 0.3 is 5.63 Å². The molecule has 0 aliphatic rings. The van der Waals surface area contributed by atoms with Crippen molar-refractivity contribution in [2.75, 3.05) is 0 Å². The van der Waals surface area contributed by atoms with Gasteiger partial charge in [-0.1, -0.05) is 18.2 Å². The van der Waals surface area contributed by atoms with Gasteiger partial charge in [-0.25, -0.2) is 13.9 Å². The van der Waals surface area contributed by atoms with Gasteiger partial charge in [0.05, 0.1) is 17.8 Å². The van der Waals surface area contributed by atoms with Crippen LogP contribution in [0.1, 0.15) is 0 Å². The molecule has 5 heteroatoms. The minimum Gasteiger partial charge on any atom is -0.335 e. The molecule has 0 saturated carbocycles. The number of rotatable bonds is 4. The maximum absolute atomic E-state index is 13.1. The summed E-state index contributed by atoms with van der Waals surface area (Å²) in [4.78, 5) is 16.2. The zero-order valence-corrected chi connectivity index (χ0v) is 11.7. The number of hydrogen-bond acceptors (Lipinski definition) is 3. The number of pyridine rings is 1. The van der Waals surface area contributed by atoms with Crippen LogP contribution in [0.4, 0.5) is 4.39 Å². The van der Waals surface area contributed by atoms with E-state index in [4.69, 9.17) is 4.52 Å². The quantitative estimate of drug-likeness (QED) is 0.692. The predicted molar refractivity (Wildman–Crippen MR) is 81.8 cm³/mol. The molecular weight excluding hydrogens is 283 g/mol. The second-order valence-corrected chi connectivity index (χ2v) is 4.69. The highest BCUT2D eigenvalue weighted by Crippen LogP contribution is 2.30. The minimum absolute atomic E-state index is 0.355. The summed E-state index contributed by atoms with van der Waals surface area (Å²) in [6.07, 6.45) is 4.92. The van der Waals surface area contributed by atoms with Crippen LogP contribution in [0, 0.1) is 5.82 Å². The van der Waals surface area contributed by atoms with Crippen molar-refractivity contribution in [1.82, 2.24) is 9.72 Å². The predicted octanol–water partition coefficient (Wildman–Crippen LogP) is 3.50. The highest BCUT2D eigenvalue weighted by molar-refractivity contribution is 5.80. The topological polar surface area (TPSA) is 48.0 Å². The fraction of sp³-hybridized carbons (Fsp3) is 0.0588. The van der Waals surface area contributed by atoms with Crippen molar-refractivity contribution in [3.63, 3.8) is 0 Å². The molecule has 0 atom stereocenters.